The Hall–Kier alpha value is -1.14. The van der Waals surface area contributed by atoms with Crippen LogP contribution in [0.15, 0.2) is 18.2 Å². The van der Waals surface area contributed by atoms with Crippen molar-refractivity contribution in [2.24, 2.45) is 5.73 Å². The highest BCUT2D eigenvalue weighted by molar-refractivity contribution is 5.18. The molecule has 20 heavy (non-hydrogen) atoms. The Bertz CT molecular complexity index is 434. The molecule has 0 saturated carbocycles. The molecule has 0 bridgehead atoms. The van der Waals surface area contributed by atoms with E-state index in [0.717, 1.165) is 45.0 Å². The highest BCUT2D eigenvalue weighted by atomic mass is 19.4. The molecule has 2 rings (SSSR count). The van der Waals surface area contributed by atoms with E-state index in [2.05, 4.69) is 9.88 Å². The number of nitrogens with two attached hydrogens (primary N) is 1. The van der Waals surface area contributed by atoms with Crippen LogP contribution in [-0.2, 0) is 6.18 Å². The molecule has 1 aromatic rings. The molecular weight excluding hydrogens is 267 g/mol. The lowest BCUT2D eigenvalue weighted by molar-refractivity contribution is -0.141. The average Bonchev–Trinajstić information content (AvgIpc) is 2.87. The Morgan fingerprint density at radius 2 is 2.10 bits per heavy atom. The second kappa shape index (κ2) is 6.54. The monoisotopic (exact) mass is 287 g/mol. The van der Waals surface area contributed by atoms with Gasteiger partial charge in [-0.1, -0.05) is 6.07 Å². The first-order chi connectivity index (χ1) is 9.50. The SMILES string of the molecule is NCCCCN1CCC(c2cccc(C(F)(F)F)n2)C1. The van der Waals surface area contributed by atoms with Gasteiger partial charge in [0, 0.05) is 18.2 Å². The van der Waals surface area contributed by atoms with Crippen molar-refractivity contribution in [2.45, 2.75) is 31.4 Å². The van der Waals surface area contributed by atoms with Crippen molar-refractivity contribution in [3.8, 4) is 0 Å². The minimum Gasteiger partial charge on any atom is -0.330 e. The van der Waals surface area contributed by atoms with Gasteiger partial charge in [0.15, 0.2) is 0 Å². The number of pyridine rings is 1. The fourth-order valence-corrected chi connectivity index (χ4v) is 2.59. The van der Waals surface area contributed by atoms with Gasteiger partial charge in [0.25, 0.3) is 0 Å². The summed E-state index contributed by atoms with van der Waals surface area (Å²) in [7, 11) is 0. The van der Waals surface area contributed by atoms with Gasteiger partial charge in [-0.3, -0.25) is 0 Å². The Labute approximate surface area is 117 Å². The molecule has 1 saturated heterocycles. The van der Waals surface area contributed by atoms with Crippen molar-refractivity contribution < 1.29 is 13.2 Å². The fraction of sp³-hybridized carbons (Fsp3) is 0.643. The summed E-state index contributed by atoms with van der Waals surface area (Å²) in [6.45, 7) is 3.37. The van der Waals surface area contributed by atoms with Crippen LogP contribution in [0.5, 0.6) is 0 Å². The van der Waals surface area contributed by atoms with E-state index in [1.54, 1.807) is 6.07 Å². The van der Waals surface area contributed by atoms with Crippen LogP contribution in [0.25, 0.3) is 0 Å². The first-order valence-electron chi connectivity index (χ1n) is 6.97. The van der Waals surface area contributed by atoms with Crippen LogP contribution in [-0.4, -0.2) is 36.1 Å². The van der Waals surface area contributed by atoms with Gasteiger partial charge in [-0.2, -0.15) is 13.2 Å². The van der Waals surface area contributed by atoms with E-state index in [1.165, 1.54) is 6.07 Å². The minimum absolute atomic E-state index is 0.107. The van der Waals surface area contributed by atoms with Crippen molar-refractivity contribution in [2.75, 3.05) is 26.2 Å². The quantitative estimate of drug-likeness (QED) is 0.847. The maximum Gasteiger partial charge on any atom is 0.433 e. The molecule has 0 aromatic carbocycles. The molecule has 0 aliphatic carbocycles. The van der Waals surface area contributed by atoms with E-state index >= 15 is 0 Å². The molecule has 1 atom stereocenters. The van der Waals surface area contributed by atoms with E-state index in [1.807, 2.05) is 0 Å². The molecule has 1 fully saturated rings. The lowest BCUT2D eigenvalue weighted by Gasteiger charge is -2.16. The van der Waals surface area contributed by atoms with Crippen LogP contribution < -0.4 is 5.73 Å². The number of alkyl halides is 3. The Balaban J connectivity index is 1.96. The zero-order valence-electron chi connectivity index (χ0n) is 11.4. The predicted octanol–water partition coefficient (Wildman–Crippen LogP) is 2.63. The fourth-order valence-electron chi connectivity index (χ4n) is 2.59. The first kappa shape index (κ1) is 15.3. The van der Waals surface area contributed by atoms with Gasteiger partial charge in [-0.25, -0.2) is 4.98 Å². The largest absolute Gasteiger partial charge is 0.433 e. The van der Waals surface area contributed by atoms with Gasteiger partial charge in [0.1, 0.15) is 5.69 Å². The van der Waals surface area contributed by atoms with Crippen LogP contribution in [0.3, 0.4) is 0 Å². The molecule has 0 amide bonds. The third-order valence-electron chi connectivity index (χ3n) is 3.68. The van der Waals surface area contributed by atoms with E-state index in [0.29, 0.717) is 12.2 Å². The van der Waals surface area contributed by atoms with E-state index in [-0.39, 0.29) is 5.92 Å². The maximum atomic E-state index is 12.7. The molecule has 1 aliphatic heterocycles. The molecule has 2 heterocycles. The summed E-state index contributed by atoms with van der Waals surface area (Å²) in [6, 6.07) is 4.17. The number of hydrogen-bond donors (Lipinski definition) is 1. The van der Waals surface area contributed by atoms with Crippen molar-refractivity contribution in [1.29, 1.82) is 0 Å². The highest BCUT2D eigenvalue weighted by Crippen LogP contribution is 2.31. The van der Waals surface area contributed by atoms with E-state index < -0.39 is 11.9 Å². The average molecular weight is 287 g/mol. The summed E-state index contributed by atoms with van der Waals surface area (Å²) >= 11 is 0. The summed E-state index contributed by atoms with van der Waals surface area (Å²) in [5.74, 6) is 0.107. The van der Waals surface area contributed by atoms with Crippen LogP contribution >= 0.6 is 0 Å². The van der Waals surface area contributed by atoms with Crippen LogP contribution in [0.1, 0.15) is 36.6 Å². The highest BCUT2D eigenvalue weighted by Gasteiger charge is 2.33. The summed E-state index contributed by atoms with van der Waals surface area (Å²) in [4.78, 5) is 6.07. The summed E-state index contributed by atoms with van der Waals surface area (Å²) in [5.41, 5.74) is 5.22. The van der Waals surface area contributed by atoms with Crippen LogP contribution in [0.2, 0.25) is 0 Å². The molecule has 1 aliphatic rings. The van der Waals surface area contributed by atoms with Gasteiger partial charge in [0.05, 0.1) is 0 Å². The van der Waals surface area contributed by atoms with Gasteiger partial charge in [0.2, 0.25) is 0 Å². The Kier molecular flexibility index (Phi) is 4.99. The first-order valence-corrected chi connectivity index (χ1v) is 6.97. The second-order valence-electron chi connectivity index (χ2n) is 5.23. The van der Waals surface area contributed by atoms with E-state index in [9.17, 15) is 13.2 Å². The predicted molar refractivity (Wildman–Crippen MR) is 71.3 cm³/mol. The smallest absolute Gasteiger partial charge is 0.330 e. The molecule has 1 unspecified atom stereocenters. The van der Waals surface area contributed by atoms with Crippen LogP contribution in [0, 0.1) is 0 Å². The lowest BCUT2D eigenvalue weighted by Crippen LogP contribution is -2.22. The Morgan fingerprint density at radius 1 is 1.30 bits per heavy atom. The molecule has 0 radical (unpaired) electrons. The van der Waals surface area contributed by atoms with Crippen molar-refractivity contribution >= 4 is 0 Å². The van der Waals surface area contributed by atoms with Gasteiger partial charge in [-0.15, -0.1) is 0 Å². The number of aromatic nitrogens is 1. The standard InChI is InChI=1S/C14H20F3N3/c15-14(16,17)13-5-3-4-12(19-13)11-6-9-20(10-11)8-2-1-7-18/h3-5,11H,1-2,6-10,18H2. The third-order valence-corrected chi connectivity index (χ3v) is 3.68. The molecule has 6 heteroatoms. The van der Waals surface area contributed by atoms with Crippen molar-refractivity contribution in [3.63, 3.8) is 0 Å². The molecule has 112 valence electrons. The molecule has 1 aromatic heterocycles. The number of rotatable bonds is 5. The number of likely N-dealkylation sites (tertiary alicyclic amines) is 1. The number of halogens is 3. The topological polar surface area (TPSA) is 42.1 Å². The molecular formula is C14H20F3N3. The lowest BCUT2D eigenvalue weighted by atomic mass is 10.0. The van der Waals surface area contributed by atoms with Crippen molar-refractivity contribution in [1.82, 2.24) is 9.88 Å². The zero-order chi connectivity index (χ0) is 14.6. The number of hydrogen-bond acceptors (Lipinski definition) is 3. The number of nitrogens with zero attached hydrogens (tertiary/aromatic N) is 2. The number of unbranched alkanes of at least 4 members (excludes halogenated alkanes) is 1. The summed E-state index contributed by atoms with van der Waals surface area (Å²) < 4.78 is 38.0. The zero-order valence-corrected chi connectivity index (χ0v) is 11.4. The normalized spacial score (nSPS) is 20.5. The van der Waals surface area contributed by atoms with Gasteiger partial charge >= 0.3 is 6.18 Å². The Morgan fingerprint density at radius 3 is 2.80 bits per heavy atom. The van der Waals surface area contributed by atoms with Crippen LogP contribution in [0.4, 0.5) is 13.2 Å². The minimum atomic E-state index is -4.37. The third kappa shape index (κ3) is 3.93. The summed E-state index contributed by atoms with van der Waals surface area (Å²) in [5, 5.41) is 0. The molecule has 3 nitrogen and oxygen atoms in total. The molecule has 0 spiro atoms. The van der Waals surface area contributed by atoms with Crippen molar-refractivity contribution in [3.05, 3.63) is 29.6 Å². The molecule has 2 N–H and O–H groups in total. The van der Waals surface area contributed by atoms with E-state index in [4.69, 9.17) is 5.73 Å². The maximum absolute atomic E-state index is 12.7. The van der Waals surface area contributed by atoms with Gasteiger partial charge in [-0.05, 0) is 51.0 Å². The van der Waals surface area contributed by atoms with Gasteiger partial charge < -0.3 is 10.6 Å². The second-order valence-corrected chi connectivity index (χ2v) is 5.23. The summed E-state index contributed by atoms with van der Waals surface area (Å²) in [6.07, 6.45) is -1.46.